The van der Waals surface area contributed by atoms with Crippen LogP contribution in [0.1, 0.15) is 28.5 Å². The summed E-state index contributed by atoms with van der Waals surface area (Å²) in [5.41, 5.74) is 0.608. The Morgan fingerprint density at radius 1 is 1.24 bits per heavy atom. The number of aliphatic hydroxyl groups is 2. The van der Waals surface area contributed by atoms with Crippen LogP contribution in [0.5, 0.6) is 17.2 Å². The van der Waals surface area contributed by atoms with Crippen molar-refractivity contribution in [3.05, 3.63) is 76.2 Å². The maximum atomic E-state index is 13.8. The fraction of sp³-hybridized carbons (Fsp3) is 0.259. The van der Waals surface area contributed by atoms with E-state index < -0.39 is 17.3 Å². The Morgan fingerprint density at radius 3 is 2.78 bits per heavy atom. The smallest absolute Gasteiger partial charge is 0.251 e. The Hall–Kier alpha value is -3.66. The molecule has 0 saturated heterocycles. The highest BCUT2D eigenvalue weighted by Gasteiger charge is 2.29. The van der Waals surface area contributed by atoms with Gasteiger partial charge in [0.05, 0.1) is 31.0 Å². The summed E-state index contributed by atoms with van der Waals surface area (Å²) in [6.45, 7) is 1.65. The molecular weight excluding hydrogens is 503 g/mol. The van der Waals surface area contributed by atoms with Crippen LogP contribution in [0.3, 0.4) is 0 Å². The van der Waals surface area contributed by atoms with E-state index >= 15 is 0 Å². The number of pyridine rings is 1. The molecular formula is C27H26ClFN2O6. The molecule has 1 aliphatic heterocycles. The number of carbonyl (C=O) groups is 1. The van der Waals surface area contributed by atoms with Gasteiger partial charge in [-0.05, 0) is 55.5 Å². The minimum atomic E-state index is -1.57. The molecule has 1 aromatic heterocycles. The highest BCUT2D eigenvalue weighted by molar-refractivity contribution is 6.31. The molecule has 4 rings (SSSR count). The lowest BCUT2D eigenvalue weighted by molar-refractivity contribution is 0.0489. The van der Waals surface area contributed by atoms with Crippen LogP contribution < -0.4 is 19.5 Å². The first kappa shape index (κ1) is 26.4. The van der Waals surface area contributed by atoms with Gasteiger partial charge in [-0.3, -0.25) is 4.79 Å². The normalized spacial score (nSPS) is 13.8. The molecule has 2 aromatic carbocycles. The predicted molar refractivity (Wildman–Crippen MR) is 137 cm³/mol. The van der Waals surface area contributed by atoms with Crippen LogP contribution in [0.25, 0.3) is 17.3 Å². The monoisotopic (exact) mass is 528 g/mol. The van der Waals surface area contributed by atoms with E-state index in [4.69, 9.17) is 30.9 Å². The van der Waals surface area contributed by atoms with Crippen molar-refractivity contribution < 1.29 is 33.6 Å². The maximum absolute atomic E-state index is 13.8. The van der Waals surface area contributed by atoms with Crippen molar-refractivity contribution in [2.75, 3.05) is 33.5 Å². The average Bonchev–Trinajstić information content (AvgIpc) is 2.91. The van der Waals surface area contributed by atoms with E-state index in [9.17, 15) is 14.3 Å². The number of carbonyl (C=O) groups excluding carboxylic acids is 1. The zero-order chi connectivity index (χ0) is 26.6. The lowest BCUT2D eigenvalue weighted by Gasteiger charge is -2.26. The number of hydrogen-bond donors (Lipinski definition) is 3. The van der Waals surface area contributed by atoms with Gasteiger partial charge in [-0.25, -0.2) is 9.37 Å². The maximum Gasteiger partial charge on any atom is 0.251 e. The quantitative estimate of drug-likeness (QED) is 0.385. The van der Waals surface area contributed by atoms with Crippen molar-refractivity contribution in [1.29, 1.82) is 0 Å². The summed E-state index contributed by atoms with van der Waals surface area (Å²) in [5.74, 6) is 0.208. The zero-order valence-corrected chi connectivity index (χ0v) is 21.0. The number of hydrogen-bond acceptors (Lipinski definition) is 7. The highest BCUT2D eigenvalue weighted by Crippen LogP contribution is 2.38. The number of aromatic nitrogens is 1. The average molecular weight is 529 g/mol. The minimum absolute atomic E-state index is 0.0629. The molecule has 194 valence electrons. The lowest BCUT2D eigenvalue weighted by Crippen LogP contribution is -2.39. The molecule has 8 nitrogen and oxygen atoms in total. The summed E-state index contributed by atoms with van der Waals surface area (Å²) < 4.78 is 30.2. The van der Waals surface area contributed by atoms with Crippen LogP contribution in [0.2, 0.25) is 5.02 Å². The molecule has 0 radical (unpaired) electrons. The second kappa shape index (κ2) is 11.2. The van der Waals surface area contributed by atoms with E-state index in [1.807, 2.05) is 12.2 Å². The van der Waals surface area contributed by atoms with Gasteiger partial charge in [-0.2, -0.15) is 0 Å². The first-order valence-corrected chi connectivity index (χ1v) is 11.8. The molecule has 0 spiro atoms. The van der Waals surface area contributed by atoms with E-state index in [0.29, 0.717) is 46.2 Å². The standard InChI is InChI=1S/C27H26ClFN2O6/c1-27(34,15-30-26(33)18-6-8-21(36-11-9-32)22(13-18)35-2)23-14-17-4-3-10-37-25(17)24(31-23)16-5-7-20(29)19(28)12-16/h3-8,12-14,32,34H,9-11,15H2,1-2H3,(H,30,33). The van der Waals surface area contributed by atoms with Crippen molar-refractivity contribution in [2.24, 2.45) is 0 Å². The van der Waals surface area contributed by atoms with E-state index in [1.165, 1.54) is 38.3 Å². The number of nitrogens with zero attached hydrogens (tertiary/aromatic N) is 1. The van der Waals surface area contributed by atoms with Crippen molar-refractivity contribution in [3.63, 3.8) is 0 Å². The first-order valence-electron chi connectivity index (χ1n) is 11.5. The third kappa shape index (κ3) is 5.85. The van der Waals surface area contributed by atoms with E-state index in [0.717, 1.165) is 0 Å². The molecule has 3 N–H and O–H groups in total. The number of rotatable bonds is 9. The number of methoxy groups -OCH3 is 1. The summed E-state index contributed by atoms with van der Waals surface area (Å²) in [7, 11) is 1.44. The van der Waals surface area contributed by atoms with Gasteiger partial charge in [0.15, 0.2) is 17.2 Å². The first-order chi connectivity index (χ1) is 17.7. The Balaban J connectivity index is 1.59. The number of halogens is 2. The predicted octanol–water partition coefficient (Wildman–Crippen LogP) is 3.96. The zero-order valence-electron chi connectivity index (χ0n) is 20.3. The van der Waals surface area contributed by atoms with Crippen LogP contribution in [0.15, 0.2) is 48.5 Å². The summed E-state index contributed by atoms with van der Waals surface area (Å²) in [5, 5.41) is 22.9. The van der Waals surface area contributed by atoms with Crippen molar-refractivity contribution >= 4 is 23.6 Å². The number of amides is 1. The SMILES string of the molecule is COc1cc(C(=O)NCC(C)(O)c2cc3c(c(-c4ccc(F)c(Cl)c4)n2)OCC=C3)ccc1OCCO. The highest BCUT2D eigenvalue weighted by atomic mass is 35.5. The molecule has 1 aliphatic rings. The number of ether oxygens (including phenoxy) is 3. The van der Waals surface area contributed by atoms with Gasteiger partial charge in [-0.15, -0.1) is 0 Å². The van der Waals surface area contributed by atoms with E-state index in [1.54, 1.807) is 18.2 Å². The largest absolute Gasteiger partial charge is 0.493 e. The van der Waals surface area contributed by atoms with E-state index in [-0.39, 0.29) is 30.5 Å². The Labute approximate surface area is 218 Å². The van der Waals surface area contributed by atoms with Crippen LogP contribution in [-0.2, 0) is 5.60 Å². The van der Waals surface area contributed by atoms with Gasteiger partial charge in [0.2, 0.25) is 0 Å². The molecule has 3 aromatic rings. The van der Waals surface area contributed by atoms with Gasteiger partial charge in [0.25, 0.3) is 5.91 Å². The van der Waals surface area contributed by atoms with Gasteiger partial charge >= 0.3 is 0 Å². The van der Waals surface area contributed by atoms with Gasteiger partial charge < -0.3 is 29.7 Å². The van der Waals surface area contributed by atoms with Crippen LogP contribution >= 0.6 is 11.6 Å². The molecule has 37 heavy (non-hydrogen) atoms. The summed E-state index contributed by atoms with van der Waals surface area (Å²) in [6, 6.07) is 10.5. The molecule has 10 heteroatoms. The third-order valence-electron chi connectivity index (χ3n) is 5.74. The number of nitrogens with one attached hydrogen (secondary N) is 1. The fourth-order valence-corrected chi connectivity index (χ4v) is 3.96. The second-order valence-electron chi connectivity index (χ2n) is 8.51. The molecule has 0 fully saturated rings. The summed E-state index contributed by atoms with van der Waals surface area (Å²) in [4.78, 5) is 17.5. The Bertz CT molecular complexity index is 1340. The molecule has 1 amide bonds. The van der Waals surface area contributed by atoms with Gasteiger partial charge in [0, 0.05) is 16.7 Å². The van der Waals surface area contributed by atoms with Crippen molar-refractivity contribution in [2.45, 2.75) is 12.5 Å². The molecule has 1 unspecified atom stereocenters. The molecule has 2 heterocycles. The molecule has 1 atom stereocenters. The number of aliphatic hydroxyl groups excluding tert-OH is 1. The van der Waals surface area contributed by atoms with Crippen LogP contribution in [-0.4, -0.2) is 54.6 Å². The van der Waals surface area contributed by atoms with Crippen molar-refractivity contribution in [3.8, 4) is 28.5 Å². The third-order valence-corrected chi connectivity index (χ3v) is 6.03. The lowest BCUT2D eigenvalue weighted by atomic mass is 9.96. The topological polar surface area (TPSA) is 110 Å². The van der Waals surface area contributed by atoms with Gasteiger partial charge in [-0.1, -0.05) is 17.7 Å². The summed E-state index contributed by atoms with van der Waals surface area (Å²) >= 11 is 5.99. The van der Waals surface area contributed by atoms with Crippen LogP contribution in [0, 0.1) is 5.82 Å². The number of fused-ring (bicyclic) bond motifs is 1. The minimum Gasteiger partial charge on any atom is -0.493 e. The van der Waals surface area contributed by atoms with Crippen LogP contribution in [0.4, 0.5) is 4.39 Å². The molecule has 0 saturated carbocycles. The Morgan fingerprint density at radius 2 is 2.05 bits per heavy atom. The fourth-order valence-electron chi connectivity index (χ4n) is 3.78. The van der Waals surface area contributed by atoms with Gasteiger partial charge in [0.1, 0.15) is 30.3 Å². The van der Waals surface area contributed by atoms with Crippen molar-refractivity contribution in [1.82, 2.24) is 10.3 Å². The number of benzene rings is 2. The summed E-state index contributed by atoms with van der Waals surface area (Å²) in [6.07, 6.45) is 3.67. The molecule has 0 bridgehead atoms. The Kier molecular flexibility index (Phi) is 7.97. The van der Waals surface area contributed by atoms with E-state index in [2.05, 4.69) is 10.3 Å². The molecule has 0 aliphatic carbocycles. The second-order valence-corrected chi connectivity index (χ2v) is 8.92.